The molecule has 0 spiro atoms. The van der Waals surface area contributed by atoms with Crippen molar-refractivity contribution in [3.05, 3.63) is 89.0 Å². The molecule has 0 fully saturated rings. The lowest BCUT2D eigenvalue weighted by atomic mass is 10.0. The first-order valence-electron chi connectivity index (χ1n) is 13.3. The number of benzene rings is 3. The van der Waals surface area contributed by atoms with Crippen LogP contribution in [-0.2, 0) is 24.4 Å². The molecular formula is C31H37N3O5. The number of hydrogen-bond donors (Lipinski definition) is 2. The highest BCUT2D eigenvalue weighted by molar-refractivity contribution is 5.96. The third kappa shape index (κ3) is 7.97. The number of carbonyl (C=O) groups is 2. The van der Waals surface area contributed by atoms with Gasteiger partial charge in [-0.1, -0.05) is 42.5 Å². The summed E-state index contributed by atoms with van der Waals surface area (Å²) in [7, 11) is 3.17. The first-order valence-corrected chi connectivity index (χ1v) is 13.3. The summed E-state index contributed by atoms with van der Waals surface area (Å²) in [6.07, 6.45) is 2.73. The lowest BCUT2D eigenvalue weighted by Crippen LogP contribution is -2.37. The summed E-state index contributed by atoms with van der Waals surface area (Å²) < 4.78 is 16.9. The van der Waals surface area contributed by atoms with Crippen molar-refractivity contribution >= 4 is 11.8 Å². The van der Waals surface area contributed by atoms with E-state index >= 15 is 0 Å². The van der Waals surface area contributed by atoms with E-state index in [-0.39, 0.29) is 18.4 Å². The molecule has 1 aliphatic heterocycles. The van der Waals surface area contributed by atoms with Crippen LogP contribution in [0.4, 0.5) is 0 Å². The molecule has 3 aromatic rings. The lowest BCUT2D eigenvalue weighted by molar-refractivity contribution is -0.122. The highest BCUT2D eigenvalue weighted by Crippen LogP contribution is 2.28. The molecule has 0 saturated heterocycles. The largest absolute Gasteiger partial charge is 0.493 e. The number of rotatable bonds is 7. The maximum Gasteiger partial charge on any atom is 0.252 e. The molecule has 8 nitrogen and oxygen atoms in total. The average molecular weight is 532 g/mol. The summed E-state index contributed by atoms with van der Waals surface area (Å²) in [4.78, 5) is 28.3. The Morgan fingerprint density at radius 1 is 0.923 bits per heavy atom. The van der Waals surface area contributed by atoms with Gasteiger partial charge in [0.25, 0.3) is 5.91 Å². The molecule has 8 heteroatoms. The van der Waals surface area contributed by atoms with Crippen LogP contribution in [-0.4, -0.2) is 50.6 Å². The van der Waals surface area contributed by atoms with Crippen molar-refractivity contribution in [3.8, 4) is 17.2 Å². The van der Waals surface area contributed by atoms with Gasteiger partial charge in [-0.2, -0.15) is 0 Å². The zero-order valence-corrected chi connectivity index (χ0v) is 22.7. The van der Waals surface area contributed by atoms with Gasteiger partial charge in [-0.05, 0) is 54.7 Å². The van der Waals surface area contributed by atoms with Gasteiger partial charge in [-0.3, -0.25) is 14.5 Å². The monoisotopic (exact) mass is 531 g/mol. The first kappa shape index (κ1) is 28.0. The topological polar surface area (TPSA) is 89.1 Å². The van der Waals surface area contributed by atoms with Gasteiger partial charge in [0.1, 0.15) is 5.75 Å². The molecule has 2 N–H and O–H groups in total. The highest BCUT2D eigenvalue weighted by Gasteiger charge is 2.21. The number of amides is 2. The zero-order valence-electron chi connectivity index (χ0n) is 22.7. The molecule has 2 amide bonds. The number of fused-ring (bicyclic) bond motifs is 1. The molecule has 0 aliphatic carbocycles. The molecule has 0 aromatic heterocycles. The quantitative estimate of drug-likeness (QED) is 0.472. The summed E-state index contributed by atoms with van der Waals surface area (Å²) in [6, 6.07) is 21.1. The van der Waals surface area contributed by atoms with E-state index in [2.05, 4.69) is 15.5 Å². The van der Waals surface area contributed by atoms with E-state index in [1.165, 1.54) is 0 Å². The summed E-state index contributed by atoms with van der Waals surface area (Å²) in [5.41, 5.74) is 3.27. The predicted molar refractivity (Wildman–Crippen MR) is 150 cm³/mol. The molecule has 0 radical (unpaired) electrons. The molecule has 1 aliphatic rings. The van der Waals surface area contributed by atoms with Gasteiger partial charge >= 0.3 is 0 Å². The molecule has 0 bridgehead atoms. The van der Waals surface area contributed by atoms with Crippen LogP contribution in [0.3, 0.4) is 0 Å². The Hall–Kier alpha value is -4.04. The van der Waals surface area contributed by atoms with E-state index in [9.17, 15) is 9.59 Å². The molecule has 1 heterocycles. The predicted octanol–water partition coefficient (Wildman–Crippen LogP) is 4.31. The van der Waals surface area contributed by atoms with Gasteiger partial charge in [-0.15, -0.1) is 0 Å². The number of nitrogens with zero attached hydrogens (tertiary/aromatic N) is 1. The van der Waals surface area contributed by atoms with Gasteiger partial charge in [0.15, 0.2) is 11.5 Å². The highest BCUT2D eigenvalue weighted by atomic mass is 16.5. The lowest BCUT2D eigenvalue weighted by Gasteiger charge is -2.25. The van der Waals surface area contributed by atoms with Crippen molar-refractivity contribution in [2.45, 2.75) is 38.9 Å². The van der Waals surface area contributed by atoms with Crippen molar-refractivity contribution in [2.24, 2.45) is 0 Å². The Balaban J connectivity index is 1.60. The third-order valence-electron chi connectivity index (χ3n) is 6.68. The van der Waals surface area contributed by atoms with E-state index in [1.807, 2.05) is 66.7 Å². The van der Waals surface area contributed by atoms with Crippen LogP contribution in [0, 0.1) is 0 Å². The van der Waals surface area contributed by atoms with Crippen LogP contribution in [0.5, 0.6) is 17.2 Å². The number of carbonyl (C=O) groups excluding carboxylic acids is 2. The fourth-order valence-corrected chi connectivity index (χ4v) is 4.65. The standard InChI is InChI=1S/C31H37N3O5/c1-37-28-15-14-24(18-29(28)38-2)19-33-31(36)25-12-9-13-27-26(25)21-34(20-23-10-5-3-6-11-23)22-30(35)32-16-7-4-8-17-39-27/h3,5-6,9-15,18H,4,7-8,16-17,19-22H2,1-2H3,(H,32,35)(H,33,36). The summed E-state index contributed by atoms with van der Waals surface area (Å²) in [6.45, 7) is 2.69. The van der Waals surface area contributed by atoms with E-state index in [0.29, 0.717) is 55.6 Å². The third-order valence-corrected chi connectivity index (χ3v) is 6.68. The molecule has 0 unspecified atom stereocenters. The van der Waals surface area contributed by atoms with Crippen LogP contribution in [0.1, 0.15) is 46.3 Å². The van der Waals surface area contributed by atoms with Gasteiger partial charge in [-0.25, -0.2) is 0 Å². The summed E-state index contributed by atoms with van der Waals surface area (Å²) in [5, 5.41) is 6.07. The molecule has 0 saturated carbocycles. The first-order chi connectivity index (χ1) is 19.1. The van der Waals surface area contributed by atoms with Gasteiger partial charge in [0, 0.05) is 37.3 Å². The number of hydrogen-bond acceptors (Lipinski definition) is 6. The second-order valence-electron chi connectivity index (χ2n) is 9.54. The fourth-order valence-electron chi connectivity index (χ4n) is 4.65. The van der Waals surface area contributed by atoms with Crippen molar-refractivity contribution < 1.29 is 23.8 Å². The van der Waals surface area contributed by atoms with Crippen LogP contribution >= 0.6 is 0 Å². The molecule has 39 heavy (non-hydrogen) atoms. The number of nitrogens with one attached hydrogen (secondary N) is 2. The maximum atomic E-state index is 13.5. The van der Waals surface area contributed by atoms with Crippen molar-refractivity contribution in [1.82, 2.24) is 15.5 Å². The van der Waals surface area contributed by atoms with Crippen LogP contribution in [0.25, 0.3) is 0 Å². The normalized spacial score (nSPS) is 14.9. The smallest absolute Gasteiger partial charge is 0.252 e. The zero-order chi connectivity index (χ0) is 27.5. The van der Waals surface area contributed by atoms with E-state index in [1.54, 1.807) is 14.2 Å². The Labute approximate surface area is 230 Å². The van der Waals surface area contributed by atoms with E-state index in [0.717, 1.165) is 36.0 Å². The minimum atomic E-state index is -0.210. The SMILES string of the molecule is COc1ccc(CNC(=O)c2cccc3c2CN(Cc2ccccc2)CC(=O)NCCCCCO3)cc1OC. The Morgan fingerprint density at radius 3 is 2.54 bits per heavy atom. The van der Waals surface area contributed by atoms with Crippen molar-refractivity contribution in [1.29, 1.82) is 0 Å². The Morgan fingerprint density at radius 2 is 1.74 bits per heavy atom. The van der Waals surface area contributed by atoms with Gasteiger partial charge in [0.05, 0.1) is 27.4 Å². The summed E-state index contributed by atoms with van der Waals surface area (Å²) >= 11 is 0. The average Bonchev–Trinajstić information content (AvgIpc) is 2.97. The van der Waals surface area contributed by atoms with E-state index < -0.39 is 0 Å². The van der Waals surface area contributed by atoms with Gasteiger partial charge in [0.2, 0.25) is 5.91 Å². The number of methoxy groups -OCH3 is 2. The number of ether oxygens (including phenoxy) is 3. The van der Waals surface area contributed by atoms with E-state index in [4.69, 9.17) is 14.2 Å². The molecule has 3 aromatic carbocycles. The van der Waals surface area contributed by atoms with Crippen LogP contribution < -0.4 is 24.8 Å². The van der Waals surface area contributed by atoms with Gasteiger partial charge < -0.3 is 24.8 Å². The van der Waals surface area contributed by atoms with Crippen molar-refractivity contribution in [3.63, 3.8) is 0 Å². The molecule has 206 valence electrons. The van der Waals surface area contributed by atoms with Crippen LogP contribution in [0.15, 0.2) is 66.7 Å². The van der Waals surface area contributed by atoms with Crippen molar-refractivity contribution in [2.75, 3.05) is 33.9 Å². The minimum absolute atomic E-state index is 0.0250. The second-order valence-corrected chi connectivity index (χ2v) is 9.54. The minimum Gasteiger partial charge on any atom is -0.493 e. The summed E-state index contributed by atoms with van der Waals surface area (Å²) in [5.74, 6) is 1.67. The fraction of sp³-hybridized carbons (Fsp3) is 0.355. The second kappa shape index (κ2) is 14.2. The Bertz CT molecular complexity index is 1250. The maximum absolute atomic E-state index is 13.5. The van der Waals surface area contributed by atoms with Crippen LogP contribution in [0.2, 0.25) is 0 Å². The molecule has 4 rings (SSSR count). The molecular weight excluding hydrogens is 494 g/mol. The molecule has 0 atom stereocenters. The Kier molecular flexibility index (Phi) is 10.2.